The molecule has 0 atom stereocenters. The van der Waals surface area contributed by atoms with E-state index < -0.39 is 10.2 Å². The van der Waals surface area contributed by atoms with Crippen molar-refractivity contribution in [2.24, 2.45) is 0 Å². The molecule has 3 amide bonds. The van der Waals surface area contributed by atoms with Gasteiger partial charge in [0.15, 0.2) is 0 Å². The summed E-state index contributed by atoms with van der Waals surface area (Å²) in [6.07, 6.45) is 3.41. The molecule has 3 aliphatic rings. The summed E-state index contributed by atoms with van der Waals surface area (Å²) < 4.78 is 28.6. The number of para-hydroxylation sites is 1. The maximum atomic E-state index is 12.8. The number of carbonyl (C=O) groups excluding carboxylic acids is 2. The molecule has 0 radical (unpaired) electrons. The van der Waals surface area contributed by atoms with Crippen molar-refractivity contribution in [3.63, 3.8) is 0 Å². The Balaban J connectivity index is 1.08. The van der Waals surface area contributed by atoms with Crippen molar-refractivity contribution in [3.05, 3.63) is 59.2 Å². The number of amides is 3. The number of urea groups is 1. The monoisotopic (exact) mass is 540 g/mol. The molecule has 11 heteroatoms. The number of likely N-dealkylation sites (tertiary alicyclic amines) is 1. The summed E-state index contributed by atoms with van der Waals surface area (Å²) in [5.74, 6) is -0.171. The topological polar surface area (TPSA) is 114 Å². The molecule has 0 bridgehead atoms. The van der Waals surface area contributed by atoms with E-state index in [1.54, 1.807) is 18.2 Å². The lowest BCUT2D eigenvalue weighted by Gasteiger charge is -2.38. The van der Waals surface area contributed by atoms with Gasteiger partial charge in [-0.25, -0.2) is 4.79 Å². The van der Waals surface area contributed by atoms with Crippen LogP contribution in [0.4, 0.5) is 16.2 Å². The number of fused-ring (bicyclic) bond motifs is 1. The van der Waals surface area contributed by atoms with Crippen molar-refractivity contribution in [2.75, 3.05) is 55.4 Å². The number of anilines is 2. The molecular formula is C27H36N6O4S. The lowest BCUT2D eigenvalue weighted by atomic mass is 10.0. The molecule has 0 unspecified atom stereocenters. The van der Waals surface area contributed by atoms with Gasteiger partial charge in [0, 0.05) is 63.1 Å². The minimum absolute atomic E-state index is 0.0175. The Morgan fingerprint density at radius 3 is 2.63 bits per heavy atom. The minimum atomic E-state index is -3.54. The molecule has 0 spiro atoms. The number of rotatable bonds is 6. The zero-order valence-electron chi connectivity index (χ0n) is 21.8. The number of aryl methyl sites for hydroxylation is 1. The molecule has 0 aromatic heterocycles. The largest absolute Gasteiger partial charge is 0.351 e. The highest BCUT2D eigenvalue weighted by molar-refractivity contribution is 7.90. The molecule has 2 fully saturated rings. The Morgan fingerprint density at radius 2 is 1.87 bits per heavy atom. The van der Waals surface area contributed by atoms with Gasteiger partial charge in [-0.3, -0.25) is 9.10 Å². The molecule has 5 rings (SSSR count). The second-order valence-electron chi connectivity index (χ2n) is 10.2. The number of carbonyl (C=O) groups is 2. The smallest absolute Gasteiger partial charge is 0.322 e. The van der Waals surface area contributed by atoms with E-state index in [1.165, 1.54) is 9.87 Å². The van der Waals surface area contributed by atoms with Crippen LogP contribution in [-0.4, -0.2) is 82.0 Å². The molecule has 2 aromatic carbocycles. The number of nitrogens with one attached hydrogen (secondary N) is 3. The maximum Gasteiger partial charge on any atom is 0.322 e. The van der Waals surface area contributed by atoms with Crippen LogP contribution < -0.4 is 19.7 Å². The van der Waals surface area contributed by atoms with Crippen LogP contribution in [0.2, 0.25) is 0 Å². The van der Waals surface area contributed by atoms with E-state index in [9.17, 15) is 18.0 Å². The van der Waals surface area contributed by atoms with Gasteiger partial charge >= 0.3 is 16.2 Å². The molecule has 204 valence electrons. The van der Waals surface area contributed by atoms with Crippen molar-refractivity contribution < 1.29 is 18.0 Å². The summed E-state index contributed by atoms with van der Waals surface area (Å²) in [4.78, 5) is 29.9. The summed E-state index contributed by atoms with van der Waals surface area (Å²) in [7, 11) is -3.54. The van der Waals surface area contributed by atoms with Crippen molar-refractivity contribution in [1.82, 2.24) is 19.8 Å². The van der Waals surface area contributed by atoms with Gasteiger partial charge in [0.1, 0.15) is 0 Å². The van der Waals surface area contributed by atoms with Gasteiger partial charge < -0.3 is 20.4 Å². The third-order valence-electron chi connectivity index (χ3n) is 7.69. The Bertz CT molecular complexity index is 1290. The van der Waals surface area contributed by atoms with Crippen LogP contribution in [0.25, 0.3) is 0 Å². The first-order chi connectivity index (χ1) is 18.3. The zero-order chi connectivity index (χ0) is 26.7. The van der Waals surface area contributed by atoms with Gasteiger partial charge in [-0.15, -0.1) is 0 Å². The number of hydrogen-bond donors (Lipinski definition) is 3. The van der Waals surface area contributed by atoms with Crippen LogP contribution in [-0.2, 0) is 16.6 Å². The predicted octanol–water partition coefficient (Wildman–Crippen LogP) is 2.32. The first-order valence-electron chi connectivity index (χ1n) is 13.4. The standard InChI is InChI=1S/C27H36N6O4S/c1-20-19-22(7-8-25(20)33-14-4-12-29-38(33,36)37)26(34)28-13-18-31-15-10-23(11-16-31)32-17-9-21-5-2-3-6-24(21)30-27(32)35/h2-3,5-8,19,23,29H,4,9-18H2,1H3,(H,28,34)(H,30,35). The highest BCUT2D eigenvalue weighted by Gasteiger charge is 2.30. The van der Waals surface area contributed by atoms with Crippen LogP contribution in [0.1, 0.15) is 40.7 Å². The van der Waals surface area contributed by atoms with E-state index in [1.807, 2.05) is 30.0 Å². The molecule has 0 saturated carbocycles. The van der Waals surface area contributed by atoms with Crippen LogP contribution >= 0.6 is 0 Å². The van der Waals surface area contributed by atoms with E-state index in [0.717, 1.165) is 63.1 Å². The van der Waals surface area contributed by atoms with Gasteiger partial charge in [-0.1, -0.05) is 18.2 Å². The molecular weight excluding hydrogens is 504 g/mol. The first kappa shape index (κ1) is 26.5. The average molecular weight is 541 g/mol. The molecule has 3 aliphatic heterocycles. The van der Waals surface area contributed by atoms with E-state index in [4.69, 9.17) is 0 Å². The summed E-state index contributed by atoms with van der Waals surface area (Å²) in [6, 6.07) is 13.3. The van der Waals surface area contributed by atoms with Crippen molar-refractivity contribution >= 4 is 33.5 Å². The highest BCUT2D eigenvalue weighted by Crippen LogP contribution is 2.26. The van der Waals surface area contributed by atoms with E-state index in [-0.39, 0.29) is 18.0 Å². The van der Waals surface area contributed by atoms with Gasteiger partial charge in [0.2, 0.25) is 0 Å². The Kier molecular flexibility index (Phi) is 7.87. The fourth-order valence-electron chi connectivity index (χ4n) is 5.57. The number of nitrogens with zero attached hydrogens (tertiary/aromatic N) is 3. The summed E-state index contributed by atoms with van der Waals surface area (Å²) >= 11 is 0. The Morgan fingerprint density at radius 1 is 1.08 bits per heavy atom. The number of piperidine rings is 1. The lowest BCUT2D eigenvalue weighted by molar-refractivity contribution is 0.0937. The quantitative estimate of drug-likeness (QED) is 0.521. The minimum Gasteiger partial charge on any atom is -0.351 e. The third kappa shape index (κ3) is 5.79. The molecule has 2 aromatic rings. The summed E-state index contributed by atoms with van der Waals surface area (Å²) in [6.45, 7) is 6.43. The van der Waals surface area contributed by atoms with Crippen LogP contribution in [0, 0.1) is 6.92 Å². The SMILES string of the molecule is Cc1cc(C(=O)NCCN2CCC(N3CCc4ccccc4NC3=O)CC2)ccc1N1CCCNS1(=O)=O. The highest BCUT2D eigenvalue weighted by atomic mass is 32.2. The molecule has 3 heterocycles. The lowest BCUT2D eigenvalue weighted by Crippen LogP contribution is -2.49. The predicted molar refractivity (Wildman–Crippen MR) is 148 cm³/mol. The second kappa shape index (κ2) is 11.3. The normalized spacial score (nSPS) is 20.4. The third-order valence-corrected chi connectivity index (χ3v) is 9.22. The van der Waals surface area contributed by atoms with Crippen LogP contribution in [0.5, 0.6) is 0 Å². The molecule has 0 aliphatic carbocycles. The number of hydrogen-bond acceptors (Lipinski definition) is 5. The number of benzene rings is 2. The van der Waals surface area contributed by atoms with Gasteiger partial charge in [-0.05, 0) is 68.0 Å². The molecule has 2 saturated heterocycles. The fourth-order valence-corrected chi connectivity index (χ4v) is 6.96. The maximum absolute atomic E-state index is 12.8. The van der Waals surface area contributed by atoms with Crippen molar-refractivity contribution in [1.29, 1.82) is 0 Å². The van der Waals surface area contributed by atoms with E-state index in [0.29, 0.717) is 30.9 Å². The van der Waals surface area contributed by atoms with Crippen molar-refractivity contribution in [2.45, 2.75) is 38.6 Å². The van der Waals surface area contributed by atoms with E-state index >= 15 is 0 Å². The molecule has 3 N–H and O–H groups in total. The second-order valence-corrected chi connectivity index (χ2v) is 11.9. The van der Waals surface area contributed by atoms with Gasteiger partial charge in [-0.2, -0.15) is 13.1 Å². The van der Waals surface area contributed by atoms with Crippen molar-refractivity contribution in [3.8, 4) is 0 Å². The summed E-state index contributed by atoms with van der Waals surface area (Å²) in [5, 5.41) is 6.05. The fraction of sp³-hybridized carbons (Fsp3) is 0.481. The summed E-state index contributed by atoms with van der Waals surface area (Å²) in [5.41, 5.74) is 3.94. The van der Waals surface area contributed by atoms with Gasteiger partial charge in [0.25, 0.3) is 5.91 Å². The average Bonchev–Trinajstić information content (AvgIpc) is 3.07. The first-order valence-corrected chi connectivity index (χ1v) is 14.8. The molecule has 10 nitrogen and oxygen atoms in total. The van der Waals surface area contributed by atoms with Crippen LogP contribution in [0.15, 0.2) is 42.5 Å². The van der Waals surface area contributed by atoms with Gasteiger partial charge in [0.05, 0.1) is 5.69 Å². The van der Waals surface area contributed by atoms with E-state index in [2.05, 4.69) is 26.3 Å². The zero-order valence-corrected chi connectivity index (χ0v) is 22.6. The van der Waals surface area contributed by atoms with Crippen LogP contribution in [0.3, 0.4) is 0 Å². The Labute approximate surface area is 224 Å². The molecule has 38 heavy (non-hydrogen) atoms. The Hall–Kier alpha value is -3.15.